The van der Waals surface area contributed by atoms with Crippen LogP contribution in [0.4, 0.5) is 4.79 Å². The summed E-state index contributed by atoms with van der Waals surface area (Å²) in [5.74, 6) is -1.06. The number of carboxylic acids is 1. The smallest absolute Gasteiger partial charge is 0.323 e. The number of hydrogen-bond donors (Lipinski definition) is 3. The minimum atomic E-state index is -1.06. The van der Waals surface area contributed by atoms with E-state index < -0.39 is 12.0 Å². The number of carbonyl (C=O) groups excluding carboxylic acids is 2. The monoisotopic (exact) mass is 259 g/mol. The second-order valence-electron chi connectivity index (χ2n) is 4.32. The minimum absolute atomic E-state index is 0.171. The highest BCUT2D eigenvalue weighted by molar-refractivity contribution is 5.81. The van der Waals surface area contributed by atoms with E-state index in [1.165, 1.54) is 11.9 Å². The van der Waals surface area contributed by atoms with Crippen LogP contribution in [-0.2, 0) is 9.59 Å². The Labute approximate surface area is 107 Å². The van der Waals surface area contributed by atoms with Crippen LogP contribution < -0.4 is 10.6 Å². The molecule has 0 aliphatic carbocycles. The number of aliphatic carboxylic acids is 1. The molecule has 0 atom stereocenters. The molecule has 0 fully saturated rings. The highest BCUT2D eigenvalue weighted by atomic mass is 16.4. The summed E-state index contributed by atoms with van der Waals surface area (Å²) in [7, 11) is 1.51. The first-order valence-electron chi connectivity index (χ1n) is 5.82. The first-order chi connectivity index (χ1) is 8.36. The van der Waals surface area contributed by atoms with Gasteiger partial charge in [-0.2, -0.15) is 0 Å². The van der Waals surface area contributed by atoms with Crippen LogP contribution in [0.5, 0.6) is 0 Å². The molecule has 0 aromatic heterocycles. The van der Waals surface area contributed by atoms with Crippen molar-refractivity contribution >= 4 is 17.9 Å². The van der Waals surface area contributed by atoms with E-state index in [0.29, 0.717) is 6.54 Å². The average molecular weight is 259 g/mol. The van der Waals surface area contributed by atoms with E-state index in [1.807, 2.05) is 13.8 Å². The fourth-order valence-corrected chi connectivity index (χ4v) is 1.34. The molecule has 0 spiro atoms. The predicted molar refractivity (Wildman–Crippen MR) is 66.1 cm³/mol. The van der Waals surface area contributed by atoms with Crippen molar-refractivity contribution in [3.63, 3.8) is 0 Å². The molecule has 104 valence electrons. The highest BCUT2D eigenvalue weighted by Crippen LogP contribution is 1.99. The summed E-state index contributed by atoms with van der Waals surface area (Å²) in [5.41, 5.74) is 0. The Hall–Kier alpha value is -1.79. The molecule has 0 unspecified atom stereocenters. The average Bonchev–Trinajstić information content (AvgIpc) is 2.26. The van der Waals surface area contributed by atoms with Crippen molar-refractivity contribution in [3.05, 3.63) is 0 Å². The number of nitrogens with zero attached hydrogens (tertiary/aromatic N) is 1. The Bertz CT molecular complexity index is 305. The maximum absolute atomic E-state index is 11.7. The van der Waals surface area contributed by atoms with Crippen molar-refractivity contribution in [2.45, 2.75) is 20.3 Å². The summed E-state index contributed by atoms with van der Waals surface area (Å²) < 4.78 is 0. The van der Waals surface area contributed by atoms with Crippen molar-refractivity contribution in [2.24, 2.45) is 5.92 Å². The Morgan fingerprint density at radius 3 is 2.33 bits per heavy atom. The summed E-state index contributed by atoms with van der Waals surface area (Å²) in [5, 5.41) is 13.7. The molecular formula is C11H21N3O4. The number of carboxylic acid groups (broad SMARTS) is 1. The lowest BCUT2D eigenvalue weighted by atomic mass is 10.2. The number of rotatable bonds is 7. The molecule has 0 aliphatic rings. The molecule has 0 saturated heterocycles. The van der Waals surface area contributed by atoms with Crippen LogP contribution in [0.1, 0.15) is 20.3 Å². The van der Waals surface area contributed by atoms with E-state index in [1.54, 1.807) is 0 Å². The lowest BCUT2D eigenvalue weighted by Crippen LogP contribution is -2.45. The molecule has 0 radical (unpaired) electrons. The second-order valence-corrected chi connectivity index (χ2v) is 4.32. The maximum atomic E-state index is 11.7. The van der Waals surface area contributed by atoms with Gasteiger partial charge in [0.25, 0.3) is 0 Å². The largest absolute Gasteiger partial charge is 0.480 e. The Balaban J connectivity index is 4.20. The molecule has 3 N–H and O–H groups in total. The van der Waals surface area contributed by atoms with Crippen LogP contribution in [-0.4, -0.2) is 54.6 Å². The van der Waals surface area contributed by atoms with Gasteiger partial charge in [-0.25, -0.2) is 4.79 Å². The molecule has 0 rings (SSSR count). The number of carbonyl (C=O) groups is 3. The molecule has 0 aromatic carbocycles. The van der Waals surface area contributed by atoms with Gasteiger partial charge in [0.15, 0.2) is 0 Å². The molecule has 18 heavy (non-hydrogen) atoms. The normalized spacial score (nSPS) is 10.0. The lowest BCUT2D eigenvalue weighted by molar-refractivity contribution is -0.137. The molecule has 0 aliphatic heterocycles. The molecule has 0 aromatic rings. The zero-order valence-electron chi connectivity index (χ0n) is 11.0. The van der Waals surface area contributed by atoms with Crippen LogP contribution in [0.25, 0.3) is 0 Å². The zero-order chi connectivity index (χ0) is 14.1. The van der Waals surface area contributed by atoms with Gasteiger partial charge in [-0.1, -0.05) is 13.8 Å². The van der Waals surface area contributed by atoms with Crippen molar-refractivity contribution in [2.75, 3.05) is 26.7 Å². The molecule has 7 nitrogen and oxygen atoms in total. The van der Waals surface area contributed by atoms with Crippen LogP contribution in [0.15, 0.2) is 0 Å². The summed E-state index contributed by atoms with van der Waals surface area (Å²) in [6, 6.07) is -0.463. The van der Waals surface area contributed by atoms with Crippen molar-refractivity contribution in [1.29, 1.82) is 0 Å². The van der Waals surface area contributed by atoms with Gasteiger partial charge in [0, 0.05) is 26.6 Å². The Morgan fingerprint density at radius 1 is 1.28 bits per heavy atom. The van der Waals surface area contributed by atoms with E-state index in [4.69, 9.17) is 5.11 Å². The van der Waals surface area contributed by atoms with Crippen molar-refractivity contribution < 1.29 is 19.5 Å². The van der Waals surface area contributed by atoms with Crippen molar-refractivity contribution in [3.8, 4) is 0 Å². The standard InChI is InChI=1S/C11H21N3O4/c1-8(2)6-14(7-10(16)17)11(18)13-5-4-9(15)12-3/h8H,4-7H2,1-3H3,(H,12,15)(H,13,18)(H,16,17). The van der Waals surface area contributed by atoms with Gasteiger partial charge in [0.05, 0.1) is 0 Å². The number of nitrogens with one attached hydrogen (secondary N) is 2. The summed E-state index contributed by atoms with van der Waals surface area (Å²) >= 11 is 0. The Kier molecular flexibility index (Phi) is 7.50. The minimum Gasteiger partial charge on any atom is -0.480 e. The fourth-order valence-electron chi connectivity index (χ4n) is 1.34. The number of hydrogen-bond acceptors (Lipinski definition) is 3. The molecule has 7 heteroatoms. The van der Waals surface area contributed by atoms with Crippen LogP contribution >= 0.6 is 0 Å². The molecular weight excluding hydrogens is 238 g/mol. The quantitative estimate of drug-likeness (QED) is 0.593. The van der Waals surface area contributed by atoms with Gasteiger partial charge >= 0.3 is 12.0 Å². The molecule has 0 bridgehead atoms. The SMILES string of the molecule is CNC(=O)CCNC(=O)N(CC(=O)O)CC(C)C. The van der Waals surface area contributed by atoms with E-state index in [-0.39, 0.29) is 31.3 Å². The highest BCUT2D eigenvalue weighted by Gasteiger charge is 2.17. The first-order valence-corrected chi connectivity index (χ1v) is 5.82. The summed E-state index contributed by atoms with van der Waals surface area (Å²) in [6.45, 7) is 3.99. The van der Waals surface area contributed by atoms with E-state index in [9.17, 15) is 14.4 Å². The molecule has 3 amide bonds. The summed E-state index contributed by atoms with van der Waals surface area (Å²) in [4.78, 5) is 34.5. The molecule has 0 heterocycles. The van der Waals surface area contributed by atoms with Crippen LogP contribution in [0.3, 0.4) is 0 Å². The third-order valence-electron chi connectivity index (χ3n) is 2.11. The van der Waals surface area contributed by atoms with Gasteiger partial charge in [0.1, 0.15) is 6.54 Å². The maximum Gasteiger partial charge on any atom is 0.323 e. The molecule has 0 saturated carbocycles. The van der Waals surface area contributed by atoms with Crippen LogP contribution in [0, 0.1) is 5.92 Å². The Morgan fingerprint density at radius 2 is 1.89 bits per heavy atom. The number of urea groups is 1. The van der Waals surface area contributed by atoms with Gasteiger partial charge < -0.3 is 20.6 Å². The van der Waals surface area contributed by atoms with Crippen molar-refractivity contribution in [1.82, 2.24) is 15.5 Å². The van der Waals surface area contributed by atoms with Gasteiger partial charge in [-0.3, -0.25) is 9.59 Å². The topological polar surface area (TPSA) is 98.7 Å². The van der Waals surface area contributed by atoms with E-state index >= 15 is 0 Å². The fraction of sp³-hybridized carbons (Fsp3) is 0.727. The summed E-state index contributed by atoms with van der Waals surface area (Å²) in [6.07, 6.45) is 0.171. The van der Waals surface area contributed by atoms with Gasteiger partial charge in [-0.15, -0.1) is 0 Å². The lowest BCUT2D eigenvalue weighted by Gasteiger charge is -2.22. The third kappa shape index (κ3) is 7.48. The first kappa shape index (κ1) is 16.2. The van der Waals surface area contributed by atoms with Gasteiger partial charge in [-0.05, 0) is 5.92 Å². The van der Waals surface area contributed by atoms with Gasteiger partial charge in [0.2, 0.25) is 5.91 Å². The predicted octanol–water partition coefficient (Wildman–Crippen LogP) is -0.125. The zero-order valence-corrected chi connectivity index (χ0v) is 11.0. The van der Waals surface area contributed by atoms with E-state index in [2.05, 4.69) is 10.6 Å². The van der Waals surface area contributed by atoms with E-state index in [0.717, 1.165) is 0 Å². The third-order valence-corrected chi connectivity index (χ3v) is 2.11. The van der Waals surface area contributed by atoms with Crippen LogP contribution in [0.2, 0.25) is 0 Å². The number of amides is 3. The second kappa shape index (κ2) is 8.32.